The lowest BCUT2D eigenvalue weighted by molar-refractivity contribution is 0.200. The van der Waals surface area contributed by atoms with Crippen LogP contribution in [0, 0.1) is 23.0 Å². The van der Waals surface area contributed by atoms with E-state index in [1.165, 1.54) is 6.07 Å². The van der Waals surface area contributed by atoms with Crippen molar-refractivity contribution in [1.82, 2.24) is 10.2 Å². The predicted molar refractivity (Wildman–Crippen MR) is 106 cm³/mol. The first-order chi connectivity index (χ1) is 14.1. The zero-order chi connectivity index (χ0) is 20.4. The SMILES string of the molecule is N#Cc1ccccc1N1CCCN(C(=O)N[C@@H]2C[C@@H]2c2cccc(F)c2F)CC1. The van der Waals surface area contributed by atoms with Gasteiger partial charge in [0.1, 0.15) is 6.07 Å². The molecule has 2 atom stereocenters. The molecular formula is C22H22F2N4O. The van der Waals surface area contributed by atoms with E-state index >= 15 is 0 Å². The van der Waals surface area contributed by atoms with E-state index in [-0.39, 0.29) is 18.0 Å². The average Bonchev–Trinajstić information content (AvgIpc) is 3.52. The Morgan fingerprint density at radius 3 is 2.72 bits per heavy atom. The molecule has 2 amide bonds. The van der Waals surface area contributed by atoms with Gasteiger partial charge in [-0.25, -0.2) is 13.6 Å². The molecule has 1 heterocycles. The number of nitrogens with zero attached hydrogens (tertiary/aromatic N) is 3. The number of amides is 2. The van der Waals surface area contributed by atoms with Crippen LogP contribution in [0.25, 0.3) is 0 Å². The second-order valence-corrected chi connectivity index (χ2v) is 7.50. The summed E-state index contributed by atoms with van der Waals surface area (Å²) in [4.78, 5) is 16.6. The van der Waals surface area contributed by atoms with Gasteiger partial charge in [-0.15, -0.1) is 0 Å². The molecule has 1 N–H and O–H groups in total. The molecule has 4 rings (SSSR count). The summed E-state index contributed by atoms with van der Waals surface area (Å²) in [5.74, 6) is -1.86. The highest BCUT2D eigenvalue weighted by atomic mass is 19.2. The zero-order valence-electron chi connectivity index (χ0n) is 15.9. The van der Waals surface area contributed by atoms with Crippen LogP contribution in [-0.4, -0.2) is 43.2 Å². The molecule has 2 aliphatic rings. The number of anilines is 1. The molecule has 150 valence electrons. The van der Waals surface area contributed by atoms with E-state index in [4.69, 9.17) is 0 Å². The van der Waals surface area contributed by atoms with Crippen molar-refractivity contribution in [2.75, 3.05) is 31.1 Å². The molecule has 0 bridgehead atoms. The quantitative estimate of drug-likeness (QED) is 0.862. The standard InChI is InChI=1S/C22H22F2N4O/c23-18-7-3-6-16(21(18)24)17-13-19(17)26-22(29)28-10-4-9-27(11-12-28)20-8-2-1-5-15(20)14-25/h1-3,5-8,17,19H,4,9-13H2,(H,26,29)/t17-,19-/m1/s1. The van der Waals surface area contributed by atoms with Gasteiger partial charge in [-0.1, -0.05) is 24.3 Å². The summed E-state index contributed by atoms with van der Waals surface area (Å²) in [7, 11) is 0. The molecule has 7 heteroatoms. The first-order valence-electron chi connectivity index (χ1n) is 9.82. The van der Waals surface area contributed by atoms with Gasteiger partial charge in [-0.3, -0.25) is 0 Å². The molecule has 0 unspecified atom stereocenters. The molecule has 1 saturated heterocycles. The lowest BCUT2D eigenvalue weighted by Gasteiger charge is -2.24. The normalized spacial score (nSPS) is 21.3. The van der Waals surface area contributed by atoms with Crippen molar-refractivity contribution in [3.63, 3.8) is 0 Å². The Hall–Kier alpha value is -3.14. The number of halogens is 2. The lowest BCUT2D eigenvalue weighted by Crippen LogP contribution is -2.43. The summed E-state index contributed by atoms with van der Waals surface area (Å²) in [5.41, 5.74) is 1.84. The van der Waals surface area contributed by atoms with Gasteiger partial charge in [0.2, 0.25) is 0 Å². The van der Waals surface area contributed by atoms with Crippen molar-refractivity contribution < 1.29 is 13.6 Å². The molecule has 0 spiro atoms. The van der Waals surface area contributed by atoms with Crippen LogP contribution in [0.4, 0.5) is 19.3 Å². The Kier molecular flexibility index (Phi) is 5.34. The minimum Gasteiger partial charge on any atom is -0.369 e. The summed E-state index contributed by atoms with van der Waals surface area (Å²) >= 11 is 0. The number of nitriles is 1. The predicted octanol–water partition coefficient (Wildman–Crippen LogP) is 3.61. The summed E-state index contributed by atoms with van der Waals surface area (Å²) < 4.78 is 27.4. The van der Waals surface area contributed by atoms with Crippen LogP contribution >= 0.6 is 0 Å². The molecule has 1 aliphatic carbocycles. The Balaban J connectivity index is 1.35. The number of para-hydroxylation sites is 1. The fourth-order valence-corrected chi connectivity index (χ4v) is 3.96. The third-order valence-electron chi connectivity index (χ3n) is 5.63. The molecule has 1 saturated carbocycles. The van der Waals surface area contributed by atoms with E-state index in [0.29, 0.717) is 37.2 Å². The molecule has 2 aromatic rings. The number of carbonyl (C=O) groups excluding carboxylic acids is 1. The van der Waals surface area contributed by atoms with E-state index in [1.54, 1.807) is 17.0 Å². The third-order valence-corrected chi connectivity index (χ3v) is 5.63. The van der Waals surface area contributed by atoms with Crippen molar-refractivity contribution in [3.05, 3.63) is 65.2 Å². The van der Waals surface area contributed by atoms with Gasteiger partial charge in [0, 0.05) is 38.1 Å². The molecule has 1 aliphatic heterocycles. The number of benzene rings is 2. The van der Waals surface area contributed by atoms with Gasteiger partial charge in [-0.05, 0) is 36.6 Å². The number of rotatable bonds is 3. The van der Waals surface area contributed by atoms with Gasteiger partial charge >= 0.3 is 6.03 Å². The number of urea groups is 1. The maximum Gasteiger partial charge on any atom is 0.317 e. The van der Waals surface area contributed by atoms with Crippen LogP contribution in [0.3, 0.4) is 0 Å². The van der Waals surface area contributed by atoms with Gasteiger partial charge in [0.25, 0.3) is 0 Å². The van der Waals surface area contributed by atoms with Gasteiger partial charge in [0.05, 0.1) is 11.3 Å². The van der Waals surface area contributed by atoms with Crippen molar-refractivity contribution in [3.8, 4) is 6.07 Å². The Bertz CT molecular complexity index is 958. The Morgan fingerprint density at radius 1 is 1.07 bits per heavy atom. The second-order valence-electron chi connectivity index (χ2n) is 7.50. The molecule has 2 fully saturated rings. The molecular weight excluding hydrogens is 374 g/mol. The monoisotopic (exact) mass is 396 g/mol. The fraction of sp³-hybridized carbons (Fsp3) is 0.364. The van der Waals surface area contributed by atoms with Crippen molar-refractivity contribution in [2.24, 2.45) is 0 Å². The van der Waals surface area contributed by atoms with Gasteiger partial charge in [-0.2, -0.15) is 5.26 Å². The lowest BCUT2D eigenvalue weighted by atomic mass is 10.1. The van der Waals surface area contributed by atoms with E-state index < -0.39 is 11.6 Å². The van der Waals surface area contributed by atoms with Crippen LogP contribution in [0.5, 0.6) is 0 Å². The topological polar surface area (TPSA) is 59.4 Å². The molecule has 0 radical (unpaired) electrons. The van der Waals surface area contributed by atoms with Gasteiger partial charge < -0.3 is 15.1 Å². The van der Waals surface area contributed by atoms with Crippen LogP contribution in [0.15, 0.2) is 42.5 Å². The zero-order valence-corrected chi connectivity index (χ0v) is 15.9. The average molecular weight is 396 g/mol. The smallest absolute Gasteiger partial charge is 0.317 e. The molecule has 5 nitrogen and oxygen atoms in total. The fourth-order valence-electron chi connectivity index (χ4n) is 3.96. The van der Waals surface area contributed by atoms with Crippen molar-refractivity contribution in [1.29, 1.82) is 5.26 Å². The Morgan fingerprint density at radius 2 is 1.90 bits per heavy atom. The minimum atomic E-state index is -0.857. The summed E-state index contributed by atoms with van der Waals surface area (Å²) in [6, 6.07) is 13.5. The molecule has 29 heavy (non-hydrogen) atoms. The maximum absolute atomic E-state index is 14.0. The van der Waals surface area contributed by atoms with E-state index in [1.807, 2.05) is 18.2 Å². The number of hydrogen-bond donors (Lipinski definition) is 1. The Labute approximate surface area is 168 Å². The summed E-state index contributed by atoms with van der Waals surface area (Å²) in [5, 5.41) is 12.3. The van der Waals surface area contributed by atoms with Crippen LogP contribution in [0.2, 0.25) is 0 Å². The highest BCUT2D eigenvalue weighted by Crippen LogP contribution is 2.42. The maximum atomic E-state index is 14.0. The molecule has 0 aromatic heterocycles. The number of nitrogens with one attached hydrogen (secondary N) is 1. The van der Waals surface area contributed by atoms with Crippen LogP contribution in [0.1, 0.15) is 29.9 Å². The highest BCUT2D eigenvalue weighted by molar-refractivity contribution is 5.75. The van der Waals surface area contributed by atoms with E-state index in [2.05, 4.69) is 16.3 Å². The van der Waals surface area contributed by atoms with Crippen molar-refractivity contribution >= 4 is 11.7 Å². The van der Waals surface area contributed by atoms with Crippen LogP contribution in [-0.2, 0) is 0 Å². The third kappa shape index (κ3) is 4.02. The highest BCUT2D eigenvalue weighted by Gasteiger charge is 2.42. The van der Waals surface area contributed by atoms with E-state index in [0.717, 1.165) is 24.7 Å². The molecule has 2 aromatic carbocycles. The first kappa shape index (κ1) is 19.2. The van der Waals surface area contributed by atoms with Crippen molar-refractivity contribution in [2.45, 2.75) is 24.8 Å². The first-order valence-corrected chi connectivity index (χ1v) is 9.82. The summed E-state index contributed by atoms with van der Waals surface area (Å²) in [6.07, 6.45) is 1.40. The summed E-state index contributed by atoms with van der Waals surface area (Å²) in [6.45, 7) is 2.56. The van der Waals surface area contributed by atoms with E-state index in [9.17, 15) is 18.8 Å². The number of hydrogen-bond acceptors (Lipinski definition) is 3. The van der Waals surface area contributed by atoms with Gasteiger partial charge in [0.15, 0.2) is 11.6 Å². The second kappa shape index (κ2) is 8.08. The minimum absolute atomic E-state index is 0.169. The largest absolute Gasteiger partial charge is 0.369 e. The van der Waals surface area contributed by atoms with Crippen LogP contribution < -0.4 is 10.2 Å². The number of carbonyl (C=O) groups is 1.